The van der Waals surface area contributed by atoms with Gasteiger partial charge in [-0.25, -0.2) is 8.42 Å². The average Bonchev–Trinajstić information content (AvgIpc) is 2.69. The van der Waals surface area contributed by atoms with E-state index in [0.29, 0.717) is 38.3 Å². The first-order valence-electron chi connectivity index (χ1n) is 7.52. The SMILES string of the molecule is Cc1c(S(=O)(=O)N2CCCN(C(=O)C(C)C)CC2)cnn1C. The molecule has 0 unspecified atom stereocenters. The lowest BCUT2D eigenvalue weighted by molar-refractivity contribution is -0.134. The van der Waals surface area contributed by atoms with E-state index in [0.717, 1.165) is 0 Å². The van der Waals surface area contributed by atoms with E-state index in [-0.39, 0.29) is 16.7 Å². The van der Waals surface area contributed by atoms with E-state index in [2.05, 4.69) is 5.10 Å². The predicted octanol–water partition coefficient (Wildman–Crippen LogP) is 0.608. The number of rotatable bonds is 3. The summed E-state index contributed by atoms with van der Waals surface area (Å²) in [6.07, 6.45) is 2.05. The molecule has 0 aromatic carbocycles. The number of carbonyl (C=O) groups excluding carboxylic acids is 1. The first kappa shape index (κ1) is 17.0. The number of hydrogen-bond acceptors (Lipinski definition) is 4. The lowest BCUT2D eigenvalue weighted by atomic mass is 10.2. The second kappa shape index (κ2) is 6.37. The highest BCUT2D eigenvalue weighted by atomic mass is 32.2. The molecule has 1 aromatic rings. The van der Waals surface area contributed by atoms with E-state index in [1.165, 1.54) is 10.5 Å². The number of nitrogens with zero attached hydrogens (tertiary/aromatic N) is 4. The van der Waals surface area contributed by atoms with Crippen LogP contribution in [-0.4, -0.2) is 59.5 Å². The summed E-state index contributed by atoms with van der Waals surface area (Å²) in [5.74, 6) is 0.0144. The van der Waals surface area contributed by atoms with Crippen LogP contribution >= 0.6 is 0 Å². The van der Waals surface area contributed by atoms with Crippen LogP contribution in [0.5, 0.6) is 0 Å². The standard InChI is InChI=1S/C14H24N4O3S/c1-11(2)14(19)17-6-5-7-18(9-8-17)22(20,21)13-10-15-16(4)12(13)3/h10-11H,5-9H2,1-4H3. The van der Waals surface area contributed by atoms with E-state index >= 15 is 0 Å². The Morgan fingerprint density at radius 3 is 2.45 bits per heavy atom. The van der Waals surface area contributed by atoms with Crippen LogP contribution in [-0.2, 0) is 21.9 Å². The van der Waals surface area contributed by atoms with E-state index < -0.39 is 10.0 Å². The number of aromatic nitrogens is 2. The monoisotopic (exact) mass is 328 g/mol. The van der Waals surface area contributed by atoms with Gasteiger partial charge in [-0.05, 0) is 13.3 Å². The molecule has 0 N–H and O–H groups in total. The maximum atomic E-state index is 12.8. The van der Waals surface area contributed by atoms with Crippen LogP contribution in [0, 0.1) is 12.8 Å². The molecule has 0 spiro atoms. The molecule has 1 aliphatic rings. The molecule has 0 atom stereocenters. The summed E-state index contributed by atoms with van der Waals surface area (Å²) in [5, 5.41) is 4.01. The van der Waals surface area contributed by atoms with Gasteiger partial charge in [-0.2, -0.15) is 9.40 Å². The topological polar surface area (TPSA) is 75.5 Å². The minimum absolute atomic E-state index is 0.0660. The molecular weight excluding hydrogens is 304 g/mol. The second-order valence-electron chi connectivity index (χ2n) is 5.96. The summed E-state index contributed by atoms with van der Waals surface area (Å²) < 4.78 is 28.5. The van der Waals surface area contributed by atoms with Gasteiger partial charge in [-0.3, -0.25) is 9.48 Å². The van der Waals surface area contributed by atoms with Crippen molar-refractivity contribution in [3.8, 4) is 0 Å². The quantitative estimate of drug-likeness (QED) is 0.814. The molecule has 2 heterocycles. The summed E-state index contributed by atoms with van der Waals surface area (Å²) in [7, 11) is -1.83. The number of amides is 1. The normalized spacial score (nSPS) is 17.8. The fraction of sp³-hybridized carbons (Fsp3) is 0.714. The van der Waals surface area contributed by atoms with Crippen LogP contribution < -0.4 is 0 Å². The van der Waals surface area contributed by atoms with Gasteiger partial charge < -0.3 is 4.90 Å². The second-order valence-corrected chi connectivity index (χ2v) is 7.86. The van der Waals surface area contributed by atoms with E-state index in [4.69, 9.17) is 0 Å². The van der Waals surface area contributed by atoms with Crippen molar-refractivity contribution in [2.45, 2.75) is 32.1 Å². The van der Waals surface area contributed by atoms with Crippen molar-refractivity contribution in [2.24, 2.45) is 13.0 Å². The summed E-state index contributed by atoms with van der Waals surface area (Å²) >= 11 is 0. The van der Waals surface area contributed by atoms with Crippen LogP contribution in [0.25, 0.3) is 0 Å². The molecule has 0 bridgehead atoms. The zero-order chi connectivity index (χ0) is 16.5. The van der Waals surface area contributed by atoms with E-state index in [9.17, 15) is 13.2 Å². The van der Waals surface area contributed by atoms with Crippen LogP contribution in [0.4, 0.5) is 0 Å². The van der Waals surface area contributed by atoms with Crippen molar-refractivity contribution < 1.29 is 13.2 Å². The van der Waals surface area contributed by atoms with Crippen molar-refractivity contribution in [2.75, 3.05) is 26.2 Å². The minimum Gasteiger partial charge on any atom is -0.341 e. The zero-order valence-electron chi connectivity index (χ0n) is 13.6. The molecule has 0 radical (unpaired) electrons. The van der Waals surface area contributed by atoms with E-state index in [1.807, 2.05) is 13.8 Å². The van der Waals surface area contributed by atoms with Gasteiger partial charge in [0.25, 0.3) is 0 Å². The lowest BCUT2D eigenvalue weighted by Gasteiger charge is -2.23. The lowest BCUT2D eigenvalue weighted by Crippen LogP contribution is -2.39. The largest absolute Gasteiger partial charge is 0.341 e. The number of carbonyl (C=O) groups is 1. The molecule has 1 fully saturated rings. The van der Waals surface area contributed by atoms with Gasteiger partial charge in [0, 0.05) is 39.1 Å². The van der Waals surface area contributed by atoms with Gasteiger partial charge in [0.15, 0.2) is 0 Å². The van der Waals surface area contributed by atoms with Crippen LogP contribution in [0.15, 0.2) is 11.1 Å². The van der Waals surface area contributed by atoms with Gasteiger partial charge in [0.05, 0.1) is 11.9 Å². The predicted molar refractivity (Wildman–Crippen MR) is 82.7 cm³/mol. The molecule has 1 saturated heterocycles. The molecule has 2 rings (SSSR count). The molecule has 7 nitrogen and oxygen atoms in total. The Bertz CT molecular complexity index is 651. The first-order chi connectivity index (χ1) is 10.2. The van der Waals surface area contributed by atoms with Crippen molar-refractivity contribution in [1.29, 1.82) is 0 Å². The molecule has 1 aliphatic heterocycles. The van der Waals surface area contributed by atoms with Crippen LogP contribution in [0.3, 0.4) is 0 Å². The Morgan fingerprint density at radius 2 is 1.91 bits per heavy atom. The minimum atomic E-state index is -3.55. The van der Waals surface area contributed by atoms with Crippen molar-refractivity contribution in [3.05, 3.63) is 11.9 Å². The zero-order valence-corrected chi connectivity index (χ0v) is 14.4. The third kappa shape index (κ3) is 3.17. The highest BCUT2D eigenvalue weighted by molar-refractivity contribution is 7.89. The van der Waals surface area contributed by atoms with Gasteiger partial charge in [-0.15, -0.1) is 0 Å². The maximum Gasteiger partial charge on any atom is 0.246 e. The molecule has 22 heavy (non-hydrogen) atoms. The van der Waals surface area contributed by atoms with Gasteiger partial charge in [0.2, 0.25) is 15.9 Å². The van der Waals surface area contributed by atoms with E-state index in [1.54, 1.807) is 23.6 Å². The van der Waals surface area contributed by atoms with Crippen molar-refractivity contribution >= 4 is 15.9 Å². The van der Waals surface area contributed by atoms with Crippen molar-refractivity contribution in [1.82, 2.24) is 19.0 Å². The first-order valence-corrected chi connectivity index (χ1v) is 8.96. The third-order valence-electron chi connectivity index (χ3n) is 4.07. The Labute approximate surface area is 131 Å². The molecule has 0 saturated carbocycles. The molecule has 0 aliphatic carbocycles. The molecule has 124 valence electrons. The summed E-state index contributed by atoms with van der Waals surface area (Å²) in [4.78, 5) is 14.1. The summed E-state index contributed by atoms with van der Waals surface area (Å²) in [6.45, 7) is 7.27. The van der Waals surface area contributed by atoms with Gasteiger partial charge in [0.1, 0.15) is 4.90 Å². The molecule has 1 aromatic heterocycles. The van der Waals surface area contributed by atoms with Crippen molar-refractivity contribution in [3.63, 3.8) is 0 Å². The Balaban J connectivity index is 2.17. The smallest absolute Gasteiger partial charge is 0.246 e. The number of sulfonamides is 1. The Morgan fingerprint density at radius 1 is 1.23 bits per heavy atom. The van der Waals surface area contributed by atoms with Crippen LogP contribution in [0.2, 0.25) is 0 Å². The highest BCUT2D eigenvalue weighted by Gasteiger charge is 2.31. The fourth-order valence-electron chi connectivity index (χ4n) is 2.59. The number of hydrogen-bond donors (Lipinski definition) is 0. The highest BCUT2D eigenvalue weighted by Crippen LogP contribution is 2.20. The number of aryl methyl sites for hydroxylation is 1. The summed E-state index contributed by atoms with van der Waals surface area (Å²) in [5.41, 5.74) is 0.624. The molecule has 8 heteroatoms. The Kier molecular flexibility index (Phi) is 4.91. The molecular formula is C14H24N4O3S. The Hall–Kier alpha value is -1.41. The van der Waals surface area contributed by atoms with Gasteiger partial charge >= 0.3 is 0 Å². The summed E-state index contributed by atoms with van der Waals surface area (Å²) in [6, 6.07) is 0. The third-order valence-corrected chi connectivity index (χ3v) is 6.07. The average molecular weight is 328 g/mol. The maximum absolute atomic E-state index is 12.8. The van der Waals surface area contributed by atoms with Crippen LogP contribution in [0.1, 0.15) is 26.0 Å². The molecule has 1 amide bonds. The van der Waals surface area contributed by atoms with Gasteiger partial charge in [-0.1, -0.05) is 13.8 Å². The fourth-order valence-corrected chi connectivity index (χ4v) is 4.25.